The molecule has 2 aromatic rings. The summed E-state index contributed by atoms with van der Waals surface area (Å²) in [6.45, 7) is 9.68. The zero-order valence-corrected chi connectivity index (χ0v) is 14.1. The first-order valence-corrected chi connectivity index (χ1v) is 8.34. The largest absolute Gasteiger partial charge is 0.509 e. The molecule has 0 fully saturated rings. The molecule has 2 N–H and O–H groups in total. The molecule has 0 unspecified atom stereocenters. The van der Waals surface area contributed by atoms with Gasteiger partial charge in [-0.25, -0.2) is 4.98 Å². The number of nitrogens with zero attached hydrogens (tertiary/aromatic N) is 2. The van der Waals surface area contributed by atoms with Gasteiger partial charge in [-0.3, -0.25) is 5.43 Å². The van der Waals surface area contributed by atoms with E-state index in [1.165, 1.54) is 0 Å². The number of unbranched alkanes of at least 4 members (excludes halogenated alkanes) is 1. The first-order chi connectivity index (χ1) is 11.1. The summed E-state index contributed by atoms with van der Waals surface area (Å²) in [5.41, 5.74) is 5.57. The number of aliphatic hydroxyl groups is 1. The minimum atomic E-state index is -0.0101. The van der Waals surface area contributed by atoms with Gasteiger partial charge in [0.25, 0.3) is 0 Å². The fraction of sp³-hybridized carbons (Fsp3) is 0.222. The average molecular weight is 327 g/mol. The lowest BCUT2D eigenvalue weighted by Gasteiger charge is -2.05. The van der Waals surface area contributed by atoms with Crippen LogP contribution < -0.4 is 5.43 Å². The van der Waals surface area contributed by atoms with Crippen molar-refractivity contribution in [3.63, 3.8) is 0 Å². The molecule has 0 atom stereocenters. The van der Waals surface area contributed by atoms with E-state index in [-0.39, 0.29) is 5.76 Å². The predicted molar refractivity (Wildman–Crippen MR) is 100 cm³/mol. The third-order valence-corrected chi connectivity index (χ3v) is 4.16. The Kier molecular flexibility index (Phi) is 6.11. The molecular formula is C18H21N3OS. The van der Waals surface area contributed by atoms with Crippen LogP contribution in [-0.4, -0.2) is 16.3 Å². The molecule has 2 rings (SSSR count). The van der Waals surface area contributed by atoms with Crippen molar-refractivity contribution in [1.82, 2.24) is 4.98 Å². The summed E-state index contributed by atoms with van der Waals surface area (Å²) in [5.74, 6) is -0.0101. The molecule has 0 spiro atoms. The molecule has 0 aliphatic carbocycles. The number of para-hydroxylation sites is 1. The number of aliphatic hydroxyl groups excluding tert-OH is 1. The highest BCUT2D eigenvalue weighted by Crippen LogP contribution is 2.25. The van der Waals surface area contributed by atoms with Crippen molar-refractivity contribution in [3.05, 3.63) is 60.4 Å². The quantitative estimate of drug-likeness (QED) is 0.294. The molecule has 23 heavy (non-hydrogen) atoms. The minimum absolute atomic E-state index is 0.0101. The monoisotopic (exact) mass is 327 g/mol. The Bertz CT molecular complexity index is 725. The fourth-order valence-electron chi connectivity index (χ4n) is 2.02. The number of allylic oxidation sites excluding steroid dienone is 3. The summed E-state index contributed by atoms with van der Waals surface area (Å²) in [7, 11) is 0. The minimum Gasteiger partial charge on any atom is -0.509 e. The van der Waals surface area contributed by atoms with E-state index < -0.39 is 0 Å². The summed E-state index contributed by atoms with van der Waals surface area (Å²) in [5, 5.41) is 14.3. The standard InChI is InChI=1S/C18H21N3OS/c1-4-5-8-13(2)15(11-14(3)22)12-19-21-18-20-16-9-6-7-10-17(16)23-18/h6-7,9-12,22H,2-5,8H2,1H3,(H,20,21)/b15-11-,19-12+. The summed E-state index contributed by atoms with van der Waals surface area (Å²) in [6.07, 6.45) is 6.22. The molecule has 1 aromatic heterocycles. The molecule has 4 nitrogen and oxygen atoms in total. The van der Waals surface area contributed by atoms with Gasteiger partial charge in [0.15, 0.2) is 0 Å². The second-order valence-corrected chi connectivity index (χ2v) is 6.19. The molecule has 1 aromatic carbocycles. The average Bonchev–Trinajstić information content (AvgIpc) is 2.94. The number of thiazole rings is 1. The second kappa shape index (κ2) is 8.29. The van der Waals surface area contributed by atoms with Gasteiger partial charge in [0.2, 0.25) is 5.13 Å². The first-order valence-electron chi connectivity index (χ1n) is 7.52. The number of anilines is 1. The molecule has 5 heteroatoms. The van der Waals surface area contributed by atoms with Crippen molar-refractivity contribution >= 4 is 32.9 Å². The van der Waals surface area contributed by atoms with E-state index in [1.54, 1.807) is 23.6 Å². The highest BCUT2D eigenvalue weighted by atomic mass is 32.1. The highest BCUT2D eigenvalue weighted by Gasteiger charge is 2.03. The molecule has 0 aliphatic heterocycles. The van der Waals surface area contributed by atoms with Crippen LogP contribution in [0.15, 0.2) is 65.5 Å². The van der Waals surface area contributed by atoms with E-state index in [4.69, 9.17) is 0 Å². The lowest BCUT2D eigenvalue weighted by Crippen LogP contribution is -1.95. The van der Waals surface area contributed by atoms with Crippen LogP contribution in [0.1, 0.15) is 26.2 Å². The summed E-state index contributed by atoms with van der Waals surface area (Å²) >= 11 is 1.54. The lowest BCUT2D eigenvalue weighted by molar-refractivity contribution is 0.435. The number of nitrogens with one attached hydrogen (secondary N) is 1. The van der Waals surface area contributed by atoms with Gasteiger partial charge >= 0.3 is 0 Å². The van der Waals surface area contributed by atoms with Gasteiger partial charge in [-0.15, -0.1) is 0 Å². The van der Waals surface area contributed by atoms with E-state index in [0.717, 1.165) is 45.8 Å². The number of hydrogen-bond acceptors (Lipinski definition) is 5. The maximum absolute atomic E-state index is 9.40. The maximum Gasteiger partial charge on any atom is 0.204 e. The summed E-state index contributed by atoms with van der Waals surface area (Å²) in [6, 6.07) is 7.93. The van der Waals surface area contributed by atoms with E-state index in [2.05, 4.69) is 35.6 Å². The van der Waals surface area contributed by atoms with E-state index in [0.29, 0.717) is 0 Å². The van der Waals surface area contributed by atoms with Crippen molar-refractivity contribution in [2.24, 2.45) is 5.10 Å². The Morgan fingerprint density at radius 3 is 2.87 bits per heavy atom. The Morgan fingerprint density at radius 2 is 2.17 bits per heavy atom. The molecular weight excluding hydrogens is 306 g/mol. The van der Waals surface area contributed by atoms with Crippen molar-refractivity contribution in [3.8, 4) is 0 Å². The van der Waals surface area contributed by atoms with Gasteiger partial charge in [-0.05, 0) is 36.6 Å². The Hall–Kier alpha value is -2.40. The molecule has 0 saturated heterocycles. The molecule has 0 amide bonds. The number of hydrazone groups is 1. The van der Waals surface area contributed by atoms with Gasteiger partial charge in [-0.2, -0.15) is 5.10 Å². The second-order valence-electron chi connectivity index (χ2n) is 5.15. The van der Waals surface area contributed by atoms with Crippen LogP contribution in [0.5, 0.6) is 0 Å². The lowest BCUT2D eigenvalue weighted by atomic mass is 10.0. The van der Waals surface area contributed by atoms with Crippen LogP contribution >= 0.6 is 11.3 Å². The normalized spacial score (nSPS) is 12.0. The van der Waals surface area contributed by atoms with Crippen molar-refractivity contribution in [2.45, 2.75) is 26.2 Å². The summed E-state index contributed by atoms with van der Waals surface area (Å²) in [4.78, 5) is 4.45. The third-order valence-electron chi connectivity index (χ3n) is 3.22. The molecule has 0 saturated carbocycles. The van der Waals surface area contributed by atoms with Crippen molar-refractivity contribution < 1.29 is 5.11 Å². The third kappa shape index (κ3) is 5.07. The number of hydrogen-bond donors (Lipinski definition) is 2. The number of rotatable bonds is 8. The Balaban J connectivity index is 2.07. The summed E-state index contributed by atoms with van der Waals surface area (Å²) < 4.78 is 1.11. The zero-order valence-electron chi connectivity index (χ0n) is 13.2. The predicted octanol–water partition coefficient (Wildman–Crippen LogP) is 5.44. The SMILES string of the molecule is C=C(O)/C=C(/C=N/Nc1nc2ccccc2s1)C(=C)CCCC. The molecule has 1 heterocycles. The highest BCUT2D eigenvalue weighted by molar-refractivity contribution is 7.22. The number of aromatic nitrogens is 1. The van der Waals surface area contributed by atoms with Gasteiger partial charge in [-0.1, -0.05) is 50.0 Å². The zero-order chi connectivity index (χ0) is 16.7. The van der Waals surface area contributed by atoms with Crippen LogP contribution in [-0.2, 0) is 0 Å². The Morgan fingerprint density at radius 1 is 1.39 bits per heavy atom. The smallest absolute Gasteiger partial charge is 0.204 e. The fourth-order valence-corrected chi connectivity index (χ4v) is 2.84. The number of fused-ring (bicyclic) bond motifs is 1. The van der Waals surface area contributed by atoms with Crippen LogP contribution in [0.25, 0.3) is 10.2 Å². The molecule has 0 radical (unpaired) electrons. The van der Waals surface area contributed by atoms with Crippen molar-refractivity contribution in [2.75, 3.05) is 5.43 Å². The van der Waals surface area contributed by atoms with E-state index >= 15 is 0 Å². The van der Waals surface area contributed by atoms with Crippen LogP contribution in [0.3, 0.4) is 0 Å². The van der Waals surface area contributed by atoms with Crippen LogP contribution in [0.4, 0.5) is 5.13 Å². The number of benzene rings is 1. The molecule has 0 aliphatic rings. The topological polar surface area (TPSA) is 57.5 Å². The van der Waals surface area contributed by atoms with Crippen LogP contribution in [0, 0.1) is 0 Å². The van der Waals surface area contributed by atoms with Crippen LogP contribution in [0.2, 0.25) is 0 Å². The van der Waals surface area contributed by atoms with Gasteiger partial charge in [0.05, 0.1) is 16.4 Å². The van der Waals surface area contributed by atoms with Gasteiger partial charge in [0, 0.05) is 5.57 Å². The van der Waals surface area contributed by atoms with Crippen molar-refractivity contribution in [1.29, 1.82) is 0 Å². The molecule has 120 valence electrons. The van der Waals surface area contributed by atoms with E-state index in [1.807, 2.05) is 24.3 Å². The Labute approximate surface area is 140 Å². The molecule has 0 bridgehead atoms. The van der Waals surface area contributed by atoms with Gasteiger partial charge in [0.1, 0.15) is 5.76 Å². The van der Waals surface area contributed by atoms with Gasteiger partial charge < -0.3 is 5.11 Å². The van der Waals surface area contributed by atoms with E-state index in [9.17, 15) is 5.11 Å². The maximum atomic E-state index is 9.40. The first kappa shape index (κ1) is 17.0.